The molecule has 0 aliphatic heterocycles. The lowest BCUT2D eigenvalue weighted by atomic mass is 10.0. The highest BCUT2D eigenvalue weighted by Gasteiger charge is 2.14. The van der Waals surface area contributed by atoms with Gasteiger partial charge in [-0.05, 0) is 24.2 Å². The number of nitrogens with one attached hydrogen (secondary N) is 1. The number of aromatic nitrogens is 3. The molecule has 0 aliphatic rings. The van der Waals surface area contributed by atoms with Gasteiger partial charge in [0.2, 0.25) is 0 Å². The van der Waals surface area contributed by atoms with Gasteiger partial charge in [-0.3, -0.25) is 4.68 Å². The van der Waals surface area contributed by atoms with Gasteiger partial charge in [0.25, 0.3) is 0 Å². The Hall–Kier alpha value is -1.88. The molecule has 2 aromatic rings. The number of hydrogen-bond acceptors (Lipinski definition) is 4. The van der Waals surface area contributed by atoms with Crippen LogP contribution in [0.15, 0.2) is 30.5 Å². The Kier molecular flexibility index (Phi) is 4.74. The van der Waals surface area contributed by atoms with Crippen LogP contribution in [0, 0.1) is 0 Å². The number of rotatable bonds is 6. The van der Waals surface area contributed by atoms with Crippen LogP contribution in [0.2, 0.25) is 0 Å². The van der Waals surface area contributed by atoms with Crippen LogP contribution < -0.4 is 10.2 Å². The Bertz CT molecular complexity index is 547. The Balaban J connectivity index is 2.21. The summed E-state index contributed by atoms with van der Waals surface area (Å²) in [6.07, 6.45) is 2.82. The van der Waals surface area contributed by atoms with E-state index in [0.717, 1.165) is 18.7 Å². The van der Waals surface area contributed by atoms with Crippen molar-refractivity contribution in [1.82, 2.24) is 20.3 Å². The first-order chi connectivity index (χ1) is 9.60. The summed E-state index contributed by atoms with van der Waals surface area (Å²) in [6, 6.07) is 8.87. The smallest absolute Gasteiger partial charge is 0.0845 e. The third-order valence-electron chi connectivity index (χ3n) is 3.30. The van der Waals surface area contributed by atoms with Gasteiger partial charge in [0, 0.05) is 45.5 Å². The molecule has 0 aliphatic carbocycles. The van der Waals surface area contributed by atoms with Gasteiger partial charge in [-0.2, -0.15) is 0 Å². The molecule has 5 nitrogen and oxygen atoms in total. The zero-order valence-electron chi connectivity index (χ0n) is 12.7. The van der Waals surface area contributed by atoms with Crippen LogP contribution in [0.3, 0.4) is 0 Å². The van der Waals surface area contributed by atoms with Gasteiger partial charge in [0.05, 0.1) is 5.69 Å². The van der Waals surface area contributed by atoms with Crippen molar-refractivity contribution in [2.45, 2.75) is 19.4 Å². The van der Waals surface area contributed by atoms with E-state index in [4.69, 9.17) is 0 Å². The van der Waals surface area contributed by atoms with Crippen LogP contribution in [0.5, 0.6) is 0 Å². The van der Waals surface area contributed by atoms with Gasteiger partial charge in [-0.15, -0.1) is 5.10 Å². The van der Waals surface area contributed by atoms with E-state index in [1.165, 1.54) is 11.3 Å². The van der Waals surface area contributed by atoms with Crippen LogP contribution >= 0.6 is 0 Å². The Labute approximate surface area is 120 Å². The Morgan fingerprint density at radius 3 is 2.75 bits per heavy atom. The van der Waals surface area contributed by atoms with Crippen LogP contribution in [-0.4, -0.2) is 35.6 Å². The standard InChI is InChI=1S/C15H23N5/c1-5-16-15(10-13-11-20(4)18-17-13)12-7-6-8-14(9-12)19(2)3/h6-9,11,15-16H,5,10H2,1-4H3. The molecule has 0 radical (unpaired) electrons. The maximum absolute atomic E-state index is 4.18. The minimum atomic E-state index is 0.261. The summed E-state index contributed by atoms with van der Waals surface area (Å²) >= 11 is 0. The molecule has 1 aromatic carbocycles. The molecular formula is C15H23N5. The van der Waals surface area contributed by atoms with E-state index in [1.54, 1.807) is 4.68 Å². The van der Waals surface area contributed by atoms with Crippen molar-refractivity contribution >= 4 is 5.69 Å². The molecule has 2 rings (SSSR count). The molecule has 0 bridgehead atoms. The lowest BCUT2D eigenvalue weighted by Gasteiger charge is -2.20. The number of aryl methyl sites for hydroxylation is 1. The fraction of sp³-hybridized carbons (Fsp3) is 0.467. The summed E-state index contributed by atoms with van der Waals surface area (Å²) in [5.74, 6) is 0. The molecule has 0 fully saturated rings. The Morgan fingerprint density at radius 2 is 2.15 bits per heavy atom. The molecule has 0 saturated carbocycles. The van der Waals surface area contributed by atoms with Gasteiger partial charge in [-0.25, -0.2) is 0 Å². The number of anilines is 1. The monoisotopic (exact) mass is 273 g/mol. The van der Waals surface area contributed by atoms with Gasteiger partial charge < -0.3 is 10.2 Å². The topological polar surface area (TPSA) is 46.0 Å². The van der Waals surface area contributed by atoms with Crippen molar-refractivity contribution in [3.63, 3.8) is 0 Å². The molecule has 5 heteroatoms. The zero-order chi connectivity index (χ0) is 14.5. The number of likely N-dealkylation sites (N-methyl/N-ethyl adjacent to an activating group) is 1. The fourth-order valence-corrected chi connectivity index (χ4v) is 2.27. The van der Waals surface area contributed by atoms with Gasteiger partial charge in [0.1, 0.15) is 0 Å². The Morgan fingerprint density at radius 1 is 1.35 bits per heavy atom. The van der Waals surface area contributed by atoms with Crippen molar-refractivity contribution in [2.24, 2.45) is 7.05 Å². The van der Waals surface area contributed by atoms with Gasteiger partial charge >= 0.3 is 0 Å². The van der Waals surface area contributed by atoms with Crippen molar-refractivity contribution in [1.29, 1.82) is 0 Å². The number of hydrogen-bond donors (Lipinski definition) is 1. The minimum absolute atomic E-state index is 0.261. The molecule has 0 saturated heterocycles. The van der Waals surface area contributed by atoms with E-state index >= 15 is 0 Å². The van der Waals surface area contributed by atoms with Crippen LogP contribution in [0.25, 0.3) is 0 Å². The predicted octanol–water partition coefficient (Wildman–Crippen LogP) is 1.77. The number of benzene rings is 1. The molecule has 1 atom stereocenters. The second kappa shape index (κ2) is 6.52. The second-order valence-corrected chi connectivity index (χ2v) is 5.19. The summed E-state index contributed by atoms with van der Waals surface area (Å²) in [7, 11) is 6.01. The molecule has 1 N–H and O–H groups in total. The molecule has 1 heterocycles. The zero-order valence-corrected chi connectivity index (χ0v) is 12.7. The van der Waals surface area contributed by atoms with Crippen molar-refractivity contribution in [2.75, 3.05) is 25.5 Å². The van der Waals surface area contributed by atoms with E-state index < -0.39 is 0 Å². The molecule has 1 aromatic heterocycles. The molecule has 0 spiro atoms. The maximum Gasteiger partial charge on any atom is 0.0845 e. The van der Waals surface area contributed by atoms with Gasteiger partial charge in [-0.1, -0.05) is 24.3 Å². The van der Waals surface area contributed by atoms with Crippen molar-refractivity contribution in [3.8, 4) is 0 Å². The van der Waals surface area contributed by atoms with E-state index in [2.05, 4.69) is 65.8 Å². The number of nitrogens with zero attached hydrogens (tertiary/aromatic N) is 4. The lowest BCUT2D eigenvalue weighted by Crippen LogP contribution is -2.23. The van der Waals surface area contributed by atoms with Crippen LogP contribution in [0.4, 0.5) is 5.69 Å². The highest BCUT2D eigenvalue weighted by Crippen LogP contribution is 2.22. The van der Waals surface area contributed by atoms with E-state index in [-0.39, 0.29) is 6.04 Å². The average Bonchev–Trinajstić information content (AvgIpc) is 2.84. The minimum Gasteiger partial charge on any atom is -0.378 e. The van der Waals surface area contributed by atoms with E-state index in [9.17, 15) is 0 Å². The SMILES string of the molecule is CCNC(Cc1cn(C)nn1)c1cccc(N(C)C)c1. The predicted molar refractivity (Wildman–Crippen MR) is 81.9 cm³/mol. The maximum atomic E-state index is 4.18. The summed E-state index contributed by atoms with van der Waals surface area (Å²) in [5, 5.41) is 11.7. The summed E-state index contributed by atoms with van der Waals surface area (Å²) in [5.41, 5.74) is 3.50. The largest absolute Gasteiger partial charge is 0.378 e. The fourth-order valence-electron chi connectivity index (χ4n) is 2.27. The molecule has 0 amide bonds. The molecule has 1 unspecified atom stereocenters. The highest BCUT2D eigenvalue weighted by atomic mass is 15.4. The molecule has 108 valence electrons. The summed E-state index contributed by atoms with van der Waals surface area (Å²) in [6.45, 7) is 3.05. The van der Waals surface area contributed by atoms with Crippen LogP contribution in [0.1, 0.15) is 24.2 Å². The lowest BCUT2D eigenvalue weighted by molar-refractivity contribution is 0.543. The van der Waals surface area contributed by atoms with Crippen LogP contribution in [-0.2, 0) is 13.5 Å². The first kappa shape index (κ1) is 14.5. The highest BCUT2D eigenvalue weighted by molar-refractivity contribution is 5.48. The first-order valence-electron chi connectivity index (χ1n) is 6.96. The van der Waals surface area contributed by atoms with Crippen molar-refractivity contribution < 1.29 is 0 Å². The van der Waals surface area contributed by atoms with E-state index in [1.807, 2.05) is 13.2 Å². The van der Waals surface area contributed by atoms with E-state index in [0.29, 0.717) is 0 Å². The normalized spacial score (nSPS) is 12.4. The summed E-state index contributed by atoms with van der Waals surface area (Å²) < 4.78 is 1.74. The molecular weight excluding hydrogens is 250 g/mol. The quantitative estimate of drug-likeness (QED) is 0.871. The third-order valence-corrected chi connectivity index (χ3v) is 3.30. The first-order valence-corrected chi connectivity index (χ1v) is 6.96. The van der Waals surface area contributed by atoms with Gasteiger partial charge in [0.15, 0.2) is 0 Å². The second-order valence-electron chi connectivity index (χ2n) is 5.19. The summed E-state index contributed by atoms with van der Waals surface area (Å²) in [4.78, 5) is 2.12. The third kappa shape index (κ3) is 3.57. The molecule has 20 heavy (non-hydrogen) atoms. The average molecular weight is 273 g/mol. The van der Waals surface area contributed by atoms with Crippen molar-refractivity contribution in [3.05, 3.63) is 41.7 Å².